The number of rotatable bonds is 5. The molecule has 31 heavy (non-hydrogen) atoms. The molecule has 0 aliphatic carbocycles. The van der Waals surface area contributed by atoms with Gasteiger partial charge in [-0.2, -0.15) is 0 Å². The van der Waals surface area contributed by atoms with E-state index in [2.05, 4.69) is 27.0 Å². The molecule has 1 aliphatic heterocycles. The lowest BCUT2D eigenvalue weighted by molar-refractivity contribution is 0.0346. The Balaban J connectivity index is 1.50. The van der Waals surface area contributed by atoms with Gasteiger partial charge in [-0.15, -0.1) is 11.3 Å². The first-order valence-corrected chi connectivity index (χ1v) is 10.8. The summed E-state index contributed by atoms with van der Waals surface area (Å²) >= 11 is 1.73. The number of pyridine rings is 1. The molecule has 0 bridgehead atoms. The summed E-state index contributed by atoms with van der Waals surface area (Å²) < 4.78 is 38.8. The molecule has 1 aliphatic rings. The van der Waals surface area contributed by atoms with E-state index >= 15 is 0 Å². The summed E-state index contributed by atoms with van der Waals surface area (Å²) in [6.45, 7) is 4.34. The number of methoxy groups -OCH3 is 1. The first kappa shape index (κ1) is 20.1. The van der Waals surface area contributed by atoms with E-state index < -0.39 is 11.6 Å². The predicted octanol–water partition coefficient (Wildman–Crippen LogP) is 5.08. The number of fused-ring (bicyclic) bond motifs is 1. The highest BCUT2D eigenvalue weighted by Crippen LogP contribution is 2.39. The maximum absolute atomic E-state index is 14.2. The number of aromatic amines is 1. The summed E-state index contributed by atoms with van der Waals surface area (Å²) in [7, 11) is 1.37. The van der Waals surface area contributed by atoms with Crippen LogP contribution in [0.15, 0.2) is 42.7 Å². The molecule has 1 N–H and O–H groups in total. The second-order valence-corrected chi connectivity index (χ2v) is 8.61. The topological polar surface area (TPSA) is 50.4 Å². The van der Waals surface area contributed by atoms with Gasteiger partial charge < -0.3 is 14.5 Å². The van der Waals surface area contributed by atoms with Gasteiger partial charge in [0, 0.05) is 69.9 Å². The van der Waals surface area contributed by atoms with Crippen LogP contribution in [-0.2, 0) is 11.3 Å². The van der Waals surface area contributed by atoms with Crippen molar-refractivity contribution in [1.29, 1.82) is 0 Å². The smallest absolute Gasteiger partial charge is 0.168 e. The number of aromatic nitrogens is 2. The third-order valence-electron chi connectivity index (χ3n) is 5.46. The number of nitrogens with zero attached hydrogens (tertiary/aromatic N) is 2. The summed E-state index contributed by atoms with van der Waals surface area (Å²) in [4.78, 5) is 12.4. The Morgan fingerprint density at radius 2 is 2.00 bits per heavy atom. The van der Waals surface area contributed by atoms with Gasteiger partial charge in [0.25, 0.3) is 0 Å². The van der Waals surface area contributed by atoms with Crippen LogP contribution in [0.3, 0.4) is 0 Å². The maximum Gasteiger partial charge on any atom is 0.168 e. The third kappa shape index (κ3) is 3.94. The summed E-state index contributed by atoms with van der Waals surface area (Å²) in [5.41, 5.74) is 2.60. The molecule has 0 spiro atoms. The maximum atomic E-state index is 14.2. The van der Waals surface area contributed by atoms with Crippen LogP contribution in [0.2, 0.25) is 0 Å². The van der Waals surface area contributed by atoms with E-state index in [1.807, 2.05) is 12.3 Å². The molecular formula is C23H21F2N3O2S. The fourth-order valence-electron chi connectivity index (χ4n) is 3.93. The molecule has 0 unspecified atom stereocenters. The van der Waals surface area contributed by atoms with Crippen molar-refractivity contribution in [1.82, 2.24) is 14.9 Å². The lowest BCUT2D eigenvalue weighted by Gasteiger charge is -2.25. The fourth-order valence-corrected chi connectivity index (χ4v) is 4.96. The number of thiophene rings is 1. The number of nitrogens with one attached hydrogen (secondary N) is 1. The number of morpholine rings is 1. The van der Waals surface area contributed by atoms with Crippen molar-refractivity contribution in [2.45, 2.75) is 6.54 Å². The van der Waals surface area contributed by atoms with Gasteiger partial charge in [-0.05, 0) is 24.3 Å². The van der Waals surface area contributed by atoms with E-state index in [-0.39, 0.29) is 5.75 Å². The molecule has 0 saturated carbocycles. The van der Waals surface area contributed by atoms with Gasteiger partial charge in [-0.25, -0.2) is 13.8 Å². The highest BCUT2D eigenvalue weighted by molar-refractivity contribution is 7.15. The molecule has 1 aromatic carbocycles. The number of benzene rings is 1. The molecule has 8 heteroatoms. The Bertz CT molecular complexity index is 1230. The molecule has 5 nitrogen and oxygen atoms in total. The van der Waals surface area contributed by atoms with Gasteiger partial charge in [0.05, 0.1) is 20.3 Å². The second-order valence-electron chi connectivity index (χ2n) is 7.45. The third-order valence-corrected chi connectivity index (χ3v) is 6.58. The van der Waals surface area contributed by atoms with Crippen LogP contribution < -0.4 is 4.74 Å². The van der Waals surface area contributed by atoms with Crippen molar-refractivity contribution in [3.8, 4) is 27.3 Å². The largest absolute Gasteiger partial charge is 0.493 e. The van der Waals surface area contributed by atoms with Crippen molar-refractivity contribution in [3.63, 3.8) is 0 Å². The lowest BCUT2D eigenvalue weighted by Crippen LogP contribution is -2.35. The molecule has 4 aromatic rings. The average Bonchev–Trinajstić information content (AvgIpc) is 3.40. The van der Waals surface area contributed by atoms with Crippen molar-refractivity contribution < 1.29 is 18.3 Å². The Labute approximate surface area is 182 Å². The second kappa shape index (κ2) is 8.37. The standard InChI is InChI=1S/C23H21F2N3O2S/c1-29-22-17(9-15(24)10-20(22)25)19-12-27-23-18(19)8-14(11-26-23)21-3-2-16(31-21)13-28-4-6-30-7-5-28/h2-3,8-12H,4-7,13H2,1H3,(H,26,27). The van der Waals surface area contributed by atoms with E-state index in [0.717, 1.165) is 54.7 Å². The van der Waals surface area contributed by atoms with Crippen LogP contribution >= 0.6 is 11.3 Å². The van der Waals surface area contributed by atoms with E-state index in [0.29, 0.717) is 16.8 Å². The van der Waals surface area contributed by atoms with Gasteiger partial charge in [0.2, 0.25) is 0 Å². The molecule has 4 heterocycles. The number of hydrogen-bond acceptors (Lipinski definition) is 5. The Morgan fingerprint density at radius 1 is 1.16 bits per heavy atom. The molecule has 1 saturated heterocycles. The normalized spacial score (nSPS) is 14.9. The Hall–Kier alpha value is -2.81. The minimum absolute atomic E-state index is 0.0108. The monoisotopic (exact) mass is 441 g/mol. The highest BCUT2D eigenvalue weighted by atomic mass is 32.1. The van der Waals surface area contributed by atoms with Crippen molar-refractivity contribution in [2.24, 2.45) is 0 Å². The van der Waals surface area contributed by atoms with Gasteiger partial charge in [0.1, 0.15) is 11.5 Å². The quantitative estimate of drug-likeness (QED) is 0.469. The van der Waals surface area contributed by atoms with E-state index in [1.165, 1.54) is 18.1 Å². The van der Waals surface area contributed by atoms with E-state index in [9.17, 15) is 8.78 Å². The zero-order chi connectivity index (χ0) is 21.4. The first-order chi connectivity index (χ1) is 15.1. The van der Waals surface area contributed by atoms with Gasteiger partial charge in [-0.1, -0.05) is 0 Å². The Kier molecular flexibility index (Phi) is 5.43. The highest BCUT2D eigenvalue weighted by Gasteiger charge is 2.18. The van der Waals surface area contributed by atoms with E-state index in [1.54, 1.807) is 17.5 Å². The van der Waals surface area contributed by atoms with Crippen LogP contribution in [-0.4, -0.2) is 48.3 Å². The van der Waals surface area contributed by atoms with E-state index in [4.69, 9.17) is 9.47 Å². The SMILES string of the molecule is COc1c(F)cc(F)cc1-c1c[nH]c2ncc(-c3ccc(CN4CCOCC4)s3)cc12. The number of ether oxygens (including phenoxy) is 2. The van der Waals surface area contributed by atoms with Crippen LogP contribution in [0, 0.1) is 11.6 Å². The van der Waals surface area contributed by atoms with Crippen molar-refractivity contribution in [2.75, 3.05) is 33.4 Å². The minimum Gasteiger partial charge on any atom is -0.493 e. The van der Waals surface area contributed by atoms with Crippen molar-refractivity contribution in [3.05, 3.63) is 59.2 Å². The van der Waals surface area contributed by atoms with Crippen LogP contribution in [0.5, 0.6) is 5.75 Å². The van der Waals surface area contributed by atoms with Crippen LogP contribution in [0.25, 0.3) is 32.6 Å². The zero-order valence-corrected chi connectivity index (χ0v) is 17.8. The summed E-state index contributed by atoms with van der Waals surface area (Å²) in [5, 5.41) is 0.781. The summed E-state index contributed by atoms with van der Waals surface area (Å²) in [5.74, 6) is -1.38. The number of hydrogen-bond donors (Lipinski definition) is 1. The molecule has 0 radical (unpaired) electrons. The van der Waals surface area contributed by atoms with Crippen LogP contribution in [0.4, 0.5) is 8.78 Å². The molecule has 0 atom stereocenters. The summed E-state index contributed by atoms with van der Waals surface area (Å²) in [6.07, 6.45) is 3.52. The van der Waals surface area contributed by atoms with Gasteiger partial charge in [0.15, 0.2) is 11.6 Å². The minimum atomic E-state index is -0.734. The molecule has 3 aromatic heterocycles. The first-order valence-electron chi connectivity index (χ1n) is 10.0. The summed E-state index contributed by atoms with van der Waals surface area (Å²) in [6, 6.07) is 8.34. The van der Waals surface area contributed by atoms with Crippen LogP contribution in [0.1, 0.15) is 4.88 Å². The molecule has 1 fully saturated rings. The Morgan fingerprint density at radius 3 is 2.81 bits per heavy atom. The predicted molar refractivity (Wildman–Crippen MR) is 117 cm³/mol. The molecule has 0 amide bonds. The molecular weight excluding hydrogens is 420 g/mol. The van der Waals surface area contributed by atoms with Gasteiger partial charge in [-0.3, -0.25) is 4.90 Å². The lowest BCUT2D eigenvalue weighted by atomic mass is 10.0. The average molecular weight is 442 g/mol. The number of H-pyrrole nitrogens is 1. The van der Waals surface area contributed by atoms with Gasteiger partial charge >= 0.3 is 0 Å². The molecule has 160 valence electrons. The fraction of sp³-hybridized carbons (Fsp3) is 0.261. The number of halogens is 2. The molecule has 5 rings (SSSR count). The zero-order valence-electron chi connectivity index (χ0n) is 17.0. The van der Waals surface area contributed by atoms with Crippen molar-refractivity contribution >= 4 is 22.4 Å².